The highest BCUT2D eigenvalue weighted by atomic mass is 16.4. The number of anilines is 1. The second-order valence-corrected chi connectivity index (χ2v) is 3.93. The van der Waals surface area contributed by atoms with Crippen molar-refractivity contribution in [3.8, 4) is 0 Å². The molecule has 0 aromatic carbocycles. The summed E-state index contributed by atoms with van der Waals surface area (Å²) in [5.74, 6) is -1.20. The van der Waals surface area contributed by atoms with Crippen molar-refractivity contribution in [3.63, 3.8) is 0 Å². The van der Waals surface area contributed by atoms with Crippen LogP contribution in [0.2, 0.25) is 0 Å². The Bertz CT molecular complexity index is 461. The normalized spacial score (nSPS) is 19.3. The zero-order chi connectivity index (χ0) is 12.4. The van der Waals surface area contributed by atoms with Gasteiger partial charge in [-0.05, 0) is 25.0 Å². The first-order chi connectivity index (χ1) is 8.11. The Morgan fingerprint density at radius 1 is 1.53 bits per heavy atom. The van der Waals surface area contributed by atoms with E-state index in [-0.39, 0.29) is 17.3 Å². The van der Waals surface area contributed by atoms with Crippen molar-refractivity contribution < 1.29 is 14.7 Å². The maximum atomic E-state index is 12.1. The molecule has 6 heteroatoms. The lowest BCUT2D eigenvalue weighted by atomic mass is 10.2. The fourth-order valence-electron chi connectivity index (χ4n) is 2.02. The molecule has 17 heavy (non-hydrogen) atoms. The van der Waals surface area contributed by atoms with Crippen molar-refractivity contribution in [2.45, 2.75) is 18.9 Å². The van der Waals surface area contributed by atoms with Crippen molar-refractivity contribution in [3.05, 3.63) is 23.9 Å². The van der Waals surface area contributed by atoms with Gasteiger partial charge in [-0.25, -0.2) is 9.78 Å². The molecule has 0 saturated carbocycles. The summed E-state index contributed by atoms with van der Waals surface area (Å²) in [6.07, 6.45) is 2.68. The number of aromatic nitrogens is 1. The summed E-state index contributed by atoms with van der Waals surface area (Å²) in [6, 6.07) is 2.42. The third kappa shape index (κ3) is 2.06. The van der Waals surface area contributed by atoms with Crippen LogP contribution in [0.1, 0.15) is 23.2 Å². The standard InChI is InChI=1S/C11H13N3O3/c12-9-7(3-1-5-13-9)10(15)14-6-2-4-8(14)11(16)17/h1,3,5,8H,2,4,6H2,(H2,12,13)(H,16,17). The number of pyridine rings is 1. The number of hydrogen-bond donors (Lipinski definition) is 2. The number of nitrogens with two attached hydrogens (primary N) is 1. The Morgan fingerprint density at radius 2 is 2.29 bits per heavy atom. The third-order valence-corrected chi connectivity index (χ3v) is 2.87. The number of carbonyl (C=O) groups excluding carboxylic acids is 1. The molecule has 2 rings (SSSR count). The van der Waals surface area contributed by atoms with Crippen LogP contribution in [0.3, 0.4) is 0 Å². The number of carboxylic acid groups (broad SMARTS) is 1. The zero-order valence-corrected chi connectivity index (χ0v) is 9.17. The fourth-order valence-corrected chi connectivity index (χ4v) is 2.02. The summed E-state index contributed by atoms with van der Waals surface area (Å²) in [7, 11) is 0. The Kier molecular flexibility index (Phi) is 2.95. The van der Waals surface area contributed by atoms with Crippen LogP contribution in [0.4, 0.5) is 5.82 Å². The lowest BCUT2D eigenvalue weighted by Gasteiger charge is -2.21. The van der Waals surface area contributed by atoms with Gasteiger partial charge in [-0.15, -0.1) is 0 Å². The van der Waals surface area contributed by atoms with Gasteiger partial charge in [0, 0.05) is 12.7 Å². The van der Waals surface area contributed by atoms with Crippen LogP contribution in [0.25, 0.3) is 0 Å². The smallest absolute Gasteiger partial charge is 0.326 e. The van der Waals surface area contributed by atoms with E-state index in [4.69, 9.17) is 10.8 Å². The summed E-state index contributed by atoms with van der Waals surface area (Å²) < 4.78 is 0. The Hall–Kier alpha value is -2.11. The molecule has 6 nitrogen and oxygen atoms in total. The monoisotopic (exact) mass is 235 g/mol. The van der Waals surface area contributed by atoms with E-state index in [1.165, 1.54) is 11.1 Å². The van der Waals surface area contributed by atoms with Crippen LogP contribution in [0.5, 0.6) is 0 Å². The SMILES string of the molecule is Nc1ncccc1C(=O)N1CCCC1C(=O)O. The number of hydrogen-bond acceptors (Lipinski definition) is 4. The van der Waals surface area contributed by atoms with E-state index in [2.05, 4.69) is 4.98 Å². The van der Waals surface area contributed by atoms with Crippen molar-refractivity contribution in [1.82, 2.24) is 9.88 Å². The molecule has 1 unspecified atom stereocenters. The van der Waals surface area contributed by atoms with Crippen LogP contribution in [-0.4, -0.2) is 39.5 Å². The van der Waals surface area contributed by atoms with E-state index in [1.807, 2.05) is 0 Å². The van der Waals surface area contributed by atoms with E-state index in [0.717, 1.165) is 0 Å². The fraction of sp³-hybridized carbons (Fsp3) is 0.364. The van der Waals surface area contributed by atoms with Gasteiger partial charge in [0.1, 0.15) is 11.9 Å². The summed E-state index contributed by atoms with van der Waals surface area (Å²) in [5.41, 5.74) is 5.87. The Labute approximate surface area is 98.1 Å². The second kappa shape index (κ2) is 4.40. The summed E-state index contributed by atoms with van der Waals surface area (Å²) in [6.45, 7) is 0.449. The first kappa shape index (κ1) is 11.4. The molecule has 1 amide bonds. The molecule has 1 aromatic rings. The quantitative estimate of drug-likeness (QED) is 0.771. The van der Waals surface area contributed by atoms with Gasteiger partial charge in [0.05, 0.1) is 5.56 Å². The molecule has 0 aliphatic carbocycles. The zero-order valence-electron chi connectivity index (χ0n) is 9.17. The van der Waals surface area contributed by atoms with Gasteiger partial charge in [-0.3, -0.25) is 4.79 Å². The van der Waals surface area contributed by atoms with Gasteiger partial charge in [-0.2, -0.15) is 0 Å². The third-order valence-electron chi connectivity index (χ3n) is 2.87. The van der Waals surface area contributed by atoms with Gasteiger partial charge in [-0.1, -0.05) is 0 Å². The van der Waals surface area contributed by atoms with E-state index in [1.54, 1.807) is 12.1 Å². The summed E-state index contributed by atoms with van der Waals surface area (Å²) in [4.78, 5) is 28.3. The molecule has 2 heterocycles. The number of rotatable bonds is 2. The van der Waals surface area contributed by atoms with Crippen molar-refractivity contribution >= 4 is 17.7 Å². The van der Waals surface area contributed by atoms with E-state index in [0.29, 0.717) is 19.4 Å². The van der Waals surface area contributed by atoms with Crippen molar-refractivity contribution in [2.24, 2.45) is 0 Å². The average Bonchev–Trinajstić information content (AvgIpc) is 2.77. The number of carbonyl (C=O) groups is 2. The molecule has 1 atom stereocenters. The van der Waals surface area contributed by atoms with E-state index >= 15 is 0 Å². The van der Waals surface area contributed by atoms with Crippen molar-refractivity contribution in [1.29, 1.82) is 0 Å². The molecule has 0 bridgehead atoms. The van der Waals surface area contributed by atoms with Gasteiger partial charge in [0.25, 0.3) is 5.91 Å². The Balaban J connectivity index is 2.26. The molecule has 1 aliphatic rings. The first-order valence-corrected chi connectivity index (χ1v) is 5.35. The first-order valence-electron chi connectivity index (χ1n) is 5.35. The number of carboxylic acids is 1. The highest BCUT2D eigenvalue weighted by molar-refractivity contribution is 6.00. The van der Waals surface area contributed by atoms with Crippen LogP contribution in [0.15, 0.2) is 18.3 Å². The van der Waals surface area contributed by atoms with E-state index < -0.39 is 12.0 Å². The molecule has 0 radical (unpaired) electrons. The largest absolute Gasteiger partial charge is 0.480 e. The minimum atomic E-state index is -0.974. The summed E-state index contributed by atoms with van der Waals surface area (Å²) >= 11 is 0. The Morgan fingerprint density at radius 3 is 2.94 bits per heavy atom. The average molecular weight is 235 g/mol. The van der Waals surface area contributed by atoms with Gasteiger partial charge in [0.2, 0.25) is 0 Å². The summed E-state index contributed by atoms with van der Waals surface area (Å²) in [5, 5.41) is 9.01. The second-order valence-electron chi connectivity index (χ2n) is 3.93. The number of amides is 1. The number of likely N-dealkylation sites (tertiary alicyclic amines) is 1. The molecule has 1 aliphatic heterocycles. The molecule has 0 spiro atoms. The lowest BCUT2D eigenvalue weighted by molar-refractivity contribution is -0.141. The molecular weight excluding hydrogens is 222 g/mol. The molecule has 1 aromatic heterocycles. The number of aliphatic carboxylic acids is 1. The van der Waals surface area contributed by atoms with Crippen molar-refractivity contribution in [2.75, 3.05) is 12.3 Å². The maximum absolute atomic E-state index is 12.1. The molecule has 1 fully saturated rings. The minimum absolute atomic E-state index is 0.133. The lowest BCUT2D eigenvalue weighted by Crippen LogP contribution is -2.40. The molecule has 90 valence electrons. The topological polar surface area (TPSA) is 96.5 Å². The molecule has 3 N–H and O–H groups in total. The van der Waals surface area contributed by atoms with Crippen LogP contribution in [-0.2, 0) is 4.79 Å². The van der Waals surface area contributed by atoms with Gasteiger partial charge >= 0.3 is 5.97 Å². The number of nitrogens with zero attached hydrogens (tertiary/aromatic N) is 2. The predicted molar refractivity (Wildman–Crippen MR) is 60.3 cm³/mol. The highest BCUT2D eigenvalue weighted by Crippen LogP contribution is 2.21. The highest BCUT2D eigenvalue weighted by Gasteiger charge is 2.35. The van der Waals surface area contributed by atoms with Crippen LogP contribution in [0, 0.1) is 0 Å². The van der Waals surface area contributed by atoms with Gasteiger partial charge < -0.3 is 15.7 Å². The van der Waals surface area contributed by atoms with Crippen LogP contribution >= 0.6 is 0 Å². The van der Waals surface area contributed by atoms with E-state index in [9.17, 15) is 9.59 Å². The predicted octanol–water partition coefficient (Wildman–Crippen LogP) is 0.353. The molecular formula is C11H13N3O3. The number of nitrogen functional groups attached to an aromatic ring is 1. The molecule has 1 saturated heterocycles. The van der Waals surface area contributed by atoms with Gasteiger partial charge in [0.15, 0.2) is 0 Å². The minimum Gasteiger partial charge on any atom is -0.480 e. The maximum Gasteiger partial charge on any atom is 0.326 e. The van der Waals surface area contributed by atoms with Crippen LogP contribution < -0.4 is 5.73 Å².